The number of ether oxygens (including phenoxy) is 1. The third kappa shape index (κ3) is 6.19. The molecule has 0 spiro atoms. The Labute approximate surface area is 174 Å². The first kappa shape index (κ1) is 22.1. The fourth-order valence-corrected chi connectivity index (χ4v) is 3.31. The van der Waals surface area contributed by atoms with Crippen molar-refractivity contribution in [3.63, 3.8) is 0 Å². The van der Waals surface area contributed by atoms with Crippen molar-refractivity contribution in [3.05, 3.63) is 48.0 Å². The lowest BCUT2D eigenvalue weighted by Gasteiger charge is -2.35. The van der Waals surface area contributed by atoms with Crippen molar-refractivity contribution in [2.45, 2.75) is 38.6 Å². The van der Waals surface area contributed by atoms with Crippen LogP contribution >= 0.6 is 0 Å². The van der Waals surface area contributed by atoms with Gasteiger partial charge in [-0.1, -0.05) is 12.1 Å². The van der Waals surface area contributed by atoms with E-state index in [-0.39, 0.29) is 0 Å². The van der Waals surface area contributed by atoms with E-state index in [1.54, 1.807) is 18.7 Å². The van der Waals surface area contributed by atoms with Crippen LogP contribution in [0.15, 0.2) is 41.9 Å². The minimum Gasteiger partial charge on any atom is -0.370 e. The molecule has 7 nitrogen and oxygen atoms in total. The number of aryl methyl sites for hydroxylation is 1. The summed E-state index contributed by atoms with van der Waals surface area (Å²) in [6.45, 7) is 5.73. The highest BCUT2D eigenvalue weighted by Crippen LogP contribution is 2.32. The molecule has 1 aliphatic rings. The van der Waals surface area contributed by atoms with E-state index < -0.39 is 17.8 Å². The molecule has 1 saturated heterocycles. The molecular formula is C20H27F3N6O. The molecule has 0 radical (unpaired) electrons. The van der Waals surface area contributed by atoms with E-state index in [1.807, 2.05) is 11.5 Å². The molecule has 1 unspecified atom stereocenters. The molecule has 1 N–H and O–H groups in total. The van der Waals surface area contributed by atoms with Crippen LogP contribution in [0.5, 0.6) is 0 Å². The zero-order valence-corrected chi connectivity index (χ0v) is 17.0. The van der Waals surface area contributed by atoms with Crippen LogP contribution in [0.25, 0.3) is 0 Å². The Bertz CT molecular complexity index is 809. The SMILES string of the molecule is CCNC(=NCCCCn1cnnc1)N1CCOC(c2cccc(C(F)(F)F)c2)C1. The summed E-state index contributed by atoms with van der Waals surface area (Å²) in [4.78, 5) is 6.75. The lowest BCUT2D eigenvalue weighted by Crippen LogP contribution is -2.48. The number of aliphatic imine (C=N–C) groups is 1. The molecule has 2 aromatic rings. The molecule has 3 rings (SSSR count). The zero-order valence-electron chi connectivity index (χ0n) is 17.0. The first-order valence-corrected chi connectivity index (χ1v) is 10.1. The van der Waals surface area contributed by atoms with Crippen molar-refractivity contribution in [3.8, 4) is 0 Å². The van der Waals surface area contributed by atoms with Crippen LogP contribution in [0.3, 0.4) is 0 Å². The summed E-state index contributed by atoms with van der Waals surface area (Å²) in [5.41, 5.74) is -0.131. The molecule has 1 aromatic heterocycles. The van der Waals surface area contributed by atoms with Crippen LogP contribution in [-0.4, -0.2) is 58.4 Å². The average molecular weight is 424 g/mol. The topological polar surface area (TPSA) is 67.6 Å². The van der Waals surface area contributed by atoms with E-state index in [9.17, 15) is 13.2 Å². The maximum absolute atomic E-state index is 13.0. The second kappa shape index (κ2) is 10.4. The van der Waals surface area contributed by atoms with Gasteiger partial charge in [-0.3, -0.25) is 4.99 Å². The third-order valence-corrected chi connectivity index (χ3v) is 4.84. The number of nitrogens with zero attached hydrogens (tertiary/aromatic N) is 5. The Morgan fingerprint density at radius 1 is 1.27 bits per heavy atom. The number of hydrogen-bond acceptors (Lipinski definition) is 4. The number of nitrogens with one attached hydrogen (secondary N) is 1. The van der Waals surface area contributed by atoms with Crippen LogP contribution in [0.1, 0.15) is 37.0 Å². The lowest BCUT2D eigenvalue weighted by atomic mass is 10.0. The van der Waals surface area contributed by atoms with E-state index in [1.165, 1.54) is 12.1 Å². The number of morpholine rings is 1. The maximum Gasteiger partial charge on any atom is 0.416 e. The highest BCUT2D eigenvalue weighted by Gasteiger charge is 2.32. The second-order valence-electron chi connectivity index (χ2n) is 7.07. The van der Waals surface area contributed by atoms with Crippen molar-refractivity contribution in [2.75, 3.05) is 32.8 Å². The number of guanidine groups is 1. The van der Waals surface area contributed by atoms with E-state index in [4.69, 9.17) is 9.73 Å². The fraction of sp³-hybridized carbons (Fsp3) is 0.550. The molecule has 1 atom stereocenters. The van der Waals surface area contributed by atoms with Crippen LogP contribution < -0.4 is 5.32 Å². The van der Waals surface area contributed by atoms with Crippen LogP contribution in [0, 0.1) is 0 Å². The quantitative estimate of drug-likeness (QED) is 0.420. The number of rotatable bonds is 7. The van der Waals surface area contributed by atoms with Gasteiger partial charge in [-0.15, -0.1) is 10.2 Å². The van der Waals surface area contributed by atoms with Crippen molar-refractivity contribution >= 4 is 5.96 Å². The Balaban J connectivity index is 1.59. The van der Waals surface area contributed by atoms with Gasteiger partial charge in [0.1, 0.15) is 18.8 Å². The number of aromatic nitrogens is 3. The molecule has 0 saturated carbocycles. The molecule has 10 heteroatoms. The summed E-state index contributed by atoms with van der Waals surface area (Å²) < 4.78 is 46.8. The lowest BCUT2D eigenvalue weighted by molar-refractivity contribution is -0.137. The van der Waals surface area contributed by atoms with Gasteiger partial charge in [0.05, 0.1) is 18.7 Å². The van der Waals surface area contributed by atoms with E-state index >= 15 is 0 Å². The summed E-state index contributed by atoms with van der Waals surface area (Å²) in [7, 11) is 0. The smallest absolute Gasteiger partial charge is 0.370 e. The Morgan fingerprint density at radius 3 is 2.80 bits per heavy atom. The standard InChI is InChI=1S/C20H27F3N6O/c1-2-24-19(25-8-3-4-9-28-14-26-27-15-28)29-10-11-30-18(13-29)16-6-5-7-17(12-16)20(21,22)23/h5-7,12,14-15,18H,2-4,8-11,13H2,1H3,(H,24,25). The normalized spacial score (nSPS) is 17.9. The molecular weight excluding hydrogens is 397 g/mol. The van der Waals surface area contributed by atoms with Crippen molar-refractivity contribution < 1.29 is 17.9 Å². The molecule has 0 amide bonds. The number of hydrogen-bond donors (Lipinski definition) is 1. The van der Waals surface area contributed by atoms with Crippen molar-refractivity contribution in [2.24, 2.45) is 4.99 Å². The first-order valence-electron chi connectivity index (χ1n) is 10.1. The highest BCUT2D eigenvalue weighted by molar-refractivity contribution is 5.80. The summed E-state index contributed by atoms with van der Waals surface area (Å²) in [6, 6.07) is 5.35. The molecule has 1 fully saturated rings. The second-order valence-corrected chi connectivity index (χ2v) is 7.07. The minimum absolute atomic E-state index is 0.430. The predicted molar refractivity (Wildman–Crippen MR) is 107 cm³/mol. The summed E-state index contributed by atoms with van der Waals surface area (Å²) in [6.07, 6.45) is 0.446. The third-order valence-electron chi connectivity index (χ3n) is 4.84. The van der Waals surface area contributed by atoms with Crippen LogP contribution in [0.4, 0.5) is 13.2 Å². The summed E-state index contributed by atoms with van der Waals surface area (Å²) in [5.74, 6) is 0.766. The number of halogens is 3. The van der Waals surface area contributed by atoms with Crippen LogP contribution in [-0.2, 0) is 17.5 Å². The Morgan fingerprint density at radius 2 is 2.07 bits per heavy atom. The van der Waals surface area contributed by atoms with Gasteiger partial charge in [0, 0.05) is 26.2 Å². The van der Waals surface area contributed by atoms with Crippen molar-refractivity contribution in [1.29, 1.82) is 0 Å². The average Bonchev–Trinajstić information content (AvgIpc) is 3.26. The number of benzene rings is 1. The largest absolute Gasteiger partial charge is 0.416 e. The summed E-state index contributed by atoms with van der Waals surface area (Å²) in [5, 5.41) is 10.8. The number of alkyl halides is 3. The van der Waals surface area contributed by atoms with E-state index in [0.717, 1.165) is 31.4 Å². The first-order chi connectivity index (χ1) is 14.5. The van der Waals surface area contributed by atoms with E-state index in [2.05, 4.69) is 20.4 Å². The molecule has 2 heterocycles. The van der Waals surface area contributed by atoms with Crippen molar-refractivity contribution in [1.82, 2.24) is 25.0 Å². The maximum atomic E-state index is 13.0. The Kier molecular flexibility index (Phi) is 7.67. The number of unbranched alkanes of at least 4 members (excludes halogenated alkanes) is 1. The monoisotopic (exact) mass is 424 g/mol. The molecule has 1 aliphatic heterocycles. The molecule has 30 heavy (non-hydrogen) atoms. The molecule has 164 valence electrons. The van der Waals surface area contributed by atoms with Gasteiger partial charge in [0.15, 0.2) is 5.96 Å². The fourth-order valence-electron chi connectivity index (χ4n) is 3.31. The van der Waals surface area contributed by atoms with Gasteiger partial charge in [-0.05, 0) is 37.5 Å². The van der Waals surface area contributed by atoms with Gasteiger partial charge < -0.3 is 19.5 Å². The minimum atomic E-state index is -4.37. The molecule has 1 aromatic carbocycles. The zero-order chi connectivity index (χ0) is 21.4. The van der Waals surface area contributed by atoms with E-state index in [0.29, 0.717) is 38.3 Å². The van der Waals surface area contributed by atoms with Gasteiger partial charge >= 0.3 is 6.18 Å². The van der Waals surface area contributed by atoms with Gasteiger partial charge in [-0.2, -0.15) is 13.2 Å². The van der Waals surface area contributed by atoms with Gasteiger partial charge in [0.25, 0.3) is 0 Å². The van der Waals surface area contributed by atoms with Gasteiger partial charge in [-0.25, -0.2) is 0 Å². The molecule has 0 bridgehead atoms. The summed E-state index contributed by atoms with van der Waals surface area (Å²) >= 11 is 0. The Hall–Kier alpha value is -2.62. The van der Waals surface area contributed by atoms with Gasteiger partial charge in [0.2, 0.25) is 0 Å². The molecule has 0 aliphatic carbocycles. The van der Waals surface area contributed by atoms with Crippen LogP contribution in [0.2, 0.25) is 0 Å². The predicted octanol–water partition coefficient (Wildman–Crippen LogP) is 3.12. The highest BCUT2D eigenvalue weighted by atomic mass is 19.4.